The molecule has 28 heavy (non-hydrogen) atoms. The summed E-state index contributed by atoms with van der Waals surface area (Å²) in [6.07, 6.45) is 3.55. The lowest BCUT2D eigenvalue weighted by Gasteiger charge is -2.58. The lowest BCUT2D eigenvalue weighted by Crippen LogP contribution is -2.73. The number of methoxy groups -OCH3 is 1. The Balaban J connectivity index is 1.56. The van der Waals surface area contributed by atoms with Crippen LogP contribution in [0, 0.1) is 0 Å². The highest BCUT2D eigenvalue weighted by molar-refractivity contribution is 5.88. The molecule has 146 valence electrons. The number of hydrogen-bond donors (Lipinski definition) is 1. The number of piperazine rings is 1. The minimum Gasteiger partial charge on any atom is -0.394 e. The molecular formula is C21H23N3O4. The lowest BCUT2D eigenvalue weighted by atomic mass is 9.73. The van der Waals surface area contributed by atoms with Crippen LogP contribution < -0.4 is 0 Å². The van der Waals surface area contributed by atoms with E-state index in [4.69, 9.17) is 4.74 Å². The van der Waals surface area contributed by atoms with Crippen molar-refractivity contribution in [2.75, 3.05) is 33.4 Å². The summed E-state index contributed by atoms with van der Waals surface area (Å²) in [7, 11) is 1.47. The molecule has 3 atom stereocenters. The monoisotopic (exact) mass is 381 g/mol. The zero-order valence-electron chi connectivity index (χ0n) is 15.7. The molecule has 0 bridgehead atoms. The Morgan fingerprint density at radius 3 is 2.68 bits per heavy atom. The minimum atomic E-state index is -0.249. The number of amides is 2. The van der Waals surface area contributed by atoms with Gasteiger partial charge in [-0.15, -0.1) is 0 Å². The maximum atomic E-state index is 12.5. The topological polar surface area (TPSA) is 83.0 Å². The van der Waals surface area contributed by atoms with Crippen molar-refractivity contribution in [3.8, 4) is 11.1 Å². The van der Waals surface area contributed by atoms with E-state index in [1.54, 1.807) is 16.0 Å². The van der Waals surface area contributed by atoms with Gasteiger partial charge in [-0.3, -0.25) is 14.6 Å². The third-order valence-corrected chi connectivity index (χ3v) is 5.66. The van der Waals surface area contributed by atoms with E-state index in [2.05, 4.69) is 4.98 Å². The van der Waals surface area contributed by atoms with Crippen molar-refractivity contribution < 1.29 is 19.4 Å². The molecule has 3 heterocycles. The molecule has 2 amide bonds. The number of hydrogen-bond acceptors (Lipinski definition) is 5. The van der Waals surface area contributed by atoms with E-state index in [0.29, 0.717) is 6.54 Å². The van der Waals surface area contributed by atoms with Gasteiger partial charge in [-0.2, -0.15) is 0 Å². The Morgan fingerprint density at radius 2 is 2.04 bits per heavy atom. The predicted octanol–water partition coefficient (Wildman–Crippen LogP) is 0.893. The smallest absolute Gasteiger partial charge is 0.249 e. The molecule has 1 N–H and O–H groups in total. The molecule has 0 unspecified atom stereocenters. The molecule has 2 saturated heterocycles. The Labute approximate surface area is 163 Å². The molecule has 0 aliphatic carbocycles. The molecule has 7 heteroatoms. The molecule has 0 radical (unpaired) electrons. The summed E-state index contributed by atoms with van der Waals surface area (Å²) in [5.74, 6) is -0.313. The predicted molar refractivity (Wildman–Crippen MR) is 102 cm³/mol. The fraction of sp³-hybridized carbons (Fsp3) is 0.381. The first-order valence-corrected chi connectivity index (χ1v) is 9.33. The van der Waals surface area contributed by atoms with E-state index < -0.39 is 0 Å². The van der Waals surface area contributed by atoms with Crippen molar-refractivity contribution >= 4 is 11.8 Å². The van der Waals surface area contributed by atoms with Gasteiger partial charge in [0.2, 0.25) is 11.8 Å². The largest absolute Gasteiger partial charge is 0.394 e. The first-order valence-electron chi connectivity index (χ1n) is 9.33. The van der Waals surface area contributed by atoms with E-state index in [9.17, 15) is 14.7 Å². The van der Waals surface area contributed by atoms with Crippen molar-refractivity contribution in [1.29, 1.82) is 0 Å². The van der Waals surface area contributed by atoms with E-state index in [-0.39, 0.29) is 49.6 Å². The van der Waals surface area contributed by atoms with Crippen LogP contribution in [-0.2, 0) is 14.3 Å². The van der Waals surface area contributed by atoms with E-state index in [1.165, 1.54) is 7.11 Å². The van der Waals surface area contributed by atoms with Gasteiger partial charge in [0, 0.05) is 32.0 Å². The van der Waals surface area contributed by atoms with Crippen LogP contribution in [0.2, 0.25) is 0 Å². The molecule has 0 saturated carbocycles. The summed E-state index contributed by atoms with van der Waals surface area (Å²) in [4.78, 5) is 32.2. The second-order valence-electron chi connectivity index (χ2n) is 7.22. The van der Waals surface area contributed by atoms with Crippen LogP contribution >= 0.6 is 0 Å². The number of aromatic nitrogens is 1. The molecule has 1 aromatic carbocycles. The van der Waals surface area contributed by atoms with Gasteiger partial charge >= 0.3 is 0 Å². The highest BCUT2D eigenvalue weighted by Gasteiger charge is 2.54. The van der Waals surface area contributed by atoms with Gasteiger partial charge < -0.3 is 19.6 Å². The maximum Gasteiger partial charge on any atom is 0.249 e. The Bertz CT molecular complexity index is 856. The van der Waals surface area contributed by atoms with E-state index in [0.717, 1.165) is 16.7 Å². The third kappa shape index (κ3) is 3.16. The summed E-state index contributed by atoms with van der Waals surface area (Å²) in [5, 5.41) is 9.86. The zero-order chi connectivity index (χ0) is 19.7. The number of pyridine rings is 1. The number of aliphatic hydroxyl groups is 1. The SMILES string of the molecule is COCC(=O)N1CC(=O)N2[C@H](CO)[C@H](c3ccc(-c4cccnc4)cc3)[C@@H]2C1. The quantitative estimate of drug-likeness (QED) is 0.832. The Kier molecular flexibility index (Phi) is 5.11. The van der Waals surface area contributed by atoms with Gasteiger partial charge in [0.15, 0.2) is 0 Å². The van der Waals surface area contributed by atoms with Gasteiger partial charge in [-0.05, 0) is 22.8 Å². The van der Waals surface area contributed by atoms with Gasteiger partial charge in [0.1, 0.15) is 6.61 Å². The average molecular weight is 381 g/mol. The number of nitrogens with zero attached hydrogens (tertiary/aromatic N) is 3. The molecule has 4 rings (SSSR count). The fourth-order valence-electron chi connectivity index (χ4n) is 4.34. The number of ether oxygens (including phenoxy) is 1. The van der Waals surface area contributed by atoms with Crippen LogP contribution in [0.4, 0.5) is 0 Å². The third-order valence-electron chi connectivity index (χ3n) is 5.66. The summed E-state index contributed by atoms with van der Waals surface area (Å²) < 4.78 is 4.92. The maximum absolute atomic E-state index is 12.5. The normalized spacial score (nSPS) is 23.9. The van der Waals surface area contributed by atoms with Crippen LogP contribution in [0.5, 0.6) is 0 Å². The molecule has 1 aromatic heterocycles. The standard InChI is InChI=1S/C21H23N3O4/c1-28-13-20(27)23-10-17-21(18(12-25)24(17)19(26)11-23)15-6-4-14(5-7-15)16-3-2-8-22-9-16/h2-9,17-18,21,25H,10-13H2,1H3/t17-,18+,21+/m0/s1. The van der Waals surface area contributed by atoms with Crippen molar-refractivity contribution in [2.45, 2.75) is 18.0 Å². The van der Waals surface area contributed by atoms with Gasteiger partial charge in [0.25, 0.3) is 0 Å². The van der Waals surface area contributed by atoms with Gasteiger partial charge in [0.05, 0.1) is 25.2 Å². The molecule has 2 aliphatic rings. The Morgan fingerprint density at radius 1 is 1.25 bits per heavy atom. The van der Waals surface area contributed by atoms with Gasteiger partial charge in [-0.25, -0.2) is 0 Å². The lowest BCUT2D eigenvalue weighted by molar-refractivity contribution is -0.168. The first kappa shape index (κ1) is 18.6. The molecular weight excluding hydrogens is 358 g/mol. The van der Waals surface area contributed by atoms with E-state index in [1.807, 2.05) is 42.6 Å². The summed E-state index contributed by atoms with van der Waals surface area (Å²) in [6, 6.07) is 11.7. The summed E-state index contributed by atoms with van der Waals surface area (Å²) in [5.41, 5.74) is 3.15. The van der Waals surface area contributed by atoms with Crippen LogP contribution in [0.3, 0.4) is 0 Å². The van der Waals surface area contributed by atoms with Crippen molar-refractivity contribution in [2.24, 2.45) is 0 Å². The second kappa shape index (κ2) is 7.69. The number of fused-ring (bicyclic) bond motifs is 1. The highest BCUT2D eigenvalue weighted by Crippen LogP contribution is 2.43. The Hall–Kier alpha value is -2.77. The van der Waals surface area contributed by atoms with Crippen molar-refractivity contribution in [1.82, 2.24) is 14.8 Å². The zero-order valence-corrected chi connectivity index (χ0v) is 15.7. The van der Waals surface area contributed by atoms with Crippen LogP contribution in [0.1, 0.15) is 11.5 Å². The van der Waals surface area contributed by atoms with Crippen LogP contribution in [0.15, 0.2) is 48.8 Å². The van der Waals surface area contributed by atoms with E-state index >= 15 is 0 Å². The van der Waals surface area contributed by atoms with Crippen LogP contribution in [-0.4, -0.2) is 77.2 Å². The average Bonchev–Trinajstić information content (AvgIpc) is 2.71. The molecule has 2 fully saturated rings. The van der Waals surface area contributed by atoms with Crippen molar-refractivity contribution in [3.05, 3.63) is 54.4 Å². The van der Waals surface area contributed by atoms with Crippen LogP contribution in [0.25, 0.3) is 11.1 Å². The van der Waals surface area contributed by atoms with Gasteiger partial charge in [-0.1, -0.05) is 30.3 Å². The number of aliphatic hydroxyl groups excluding tert-OH is 1. The minimum absolute atomic E-state index is 0.00459. The summed E-state index contributed by atoms with van der Waals surface area (Å²) >= 11 is 0. The van der Waals surface area contributed by atoms with Crippen molar-refractivity contribution in [3.63, 3.8) is 0 Å². The number of carbonyl (C=O) groups is 2. The molecule has 0 spiro atoms. The highest BCUT2D eigenvalue weighted by atomic mass is 16.5. The molecule has 7 nitrogen and oxygen atoms in total. The molecule has 2 aliphatic heterocycles. The second-order valence-corrected chi connectivity index (χ2v) is 7.22. The number of rotatable bonds is 5. The fourth-order valence-corrected chi connectivity index (χ4v) is 4.34. The molecule has 2 aromatic rings. The number of carbonyl (C=O) groups excluding carboxylic acids is 2. The summed E-state index contributed by atoms with van der Waals surface area (Å²) in [6.45, 7) is 0.374. The first-order chi connectivity index (χ1) is 13.6. The number of benzene rings is 1.